The van der Waals surface area contributed by atoms with E-state index in [-0.39, 0.29) is 11.5 Å². The van der Waals surface area contributed by atoms with E-state index in [2.05, 4.69) is 5.32 Å². The second-order valence-electron chi connectivity index (χ2n) is 5.61. The van der Waals surface area contributed by atoms with Crippen molar-refractivity contribution in [3.05, 3.63) is 35.3 Å². The Bertz CT molecular complexity index is 651. The summed E-state index contributed by atoms with van der Waals surface area (Å²) in [7, 11) is 1.40. The maximum atomic E-state index is 14.3. The van der Waals surface area contributed by atoms with E-state index in [4.69, 9.17) is 0 Å². The van der Waals surface area contributed by atoms with Gasteiger partial charge >= 0.3 is 6.03 Å². The van der Waals surface area contributed by atoms with E-state index in [1.807, 2.05) is 4.90 Å². The number of nitrogens with one attached hydrogen (secondary N) is 1. The molecule has 3 amide bonds. The SMILES string of the molecule is CN1C(=O)N/C(=C/c2ccc(N3CCCCC3)c(F)c2)C1=O. The molecule has 2 aliphatic heterocycles. The Hall–Kier alpha value is -2.37. The smallest absolute Gasteiger partial charge is 0.328 e. The summed E-state index contributed by atoms with van der Waals surface area (Å²) in [6.45, 7) is 1.74. The van der Waals surface area contributed by atoms with Gasteiger partial charge in [0.25, 0.3) is 5.91 Å². The number of imide groups is 1. The number of hydrogen-bond donors (Lipinski definition) is 1. The fourth-order valence-electron chi connectivity index (χ4n) is 2.79. The fraction of sp³-hybridized carbons (Fsp3) is 0.375. The molecule has 6 heteroatoms. The van der Waals surface area contributed by atoms with E-state index < -0.39 is 11.9 Å². The van der Waals surface area contributed by atoms with Crippen molar-refractivity contribution in [2.24, 2.45) is 0 Å². The molecule has 1 aromatic rings. The van der Waals surface area contributed by atoms with E-state index in [1.54, 1.807) is 12.1 Å². The standard InChI is InChI=1S/C16H18FN3O2/c1-19-15(21)13(18-16(19)22)10-11-5-6-14(12(17)9-11)20-7-3-2-4-8-20/h5-6,9-10H,2-4,7-8H2,1H3,(H,18,22)/b13-10+. The third-order valence-electron chi connectivity index (χ3n) is 4.06. The van der Waals surface area contributed by atoms with Gasteiger partial charge in [-0.05, 0) is 43.0 Å². The highest BCUT2D eigenvalue weighted by Gasteiger charge is 2.30. The number of hydrogen-bond acceptors (Lipinski definition) is 3. The number of anilines is 1. The van der Waals surface area contributed by atoms with Crippen LogP contribution in [0.15, 0.2) is 23.9 Å². The van der Waals surface area contributed by atoms with Gasteiger partial charge in [0.1, 0.15) is 11.5 Å². The molecule has 22 heavy (non-hydrogen) atoms. The number of rotatable bonds is 2. The summed E-state index contributed by atoms with van der Waals surface area (Å²) in [5.74, 6) is -0.716. The van der Waals surface area contributed by atoms with Crippen molar-refractivity contribution < 1.29 is 14.0 Å². The highest BCUT2D eigenvalue weighted by atomic mass is 19.1. The zero-order chi connectivity index (χ0) is 15.7. The number of carbonyl (C=O) groups excluding carboxylic acids is 2. The summed E-state index contributed by atoms with van der Waals surface area (Å²) >= 11 is 0. The highest BCUT2D eigenvalue weighted by Crippen LogP contribution is 2.25. The highest BCUT2D eigenvalue weighted by molar-refractivity contribution is 6.13. The van der Waals surface area contributed by atoms with Crippen LogP contribution in [0.25, 0.3) is 6.08 Å². The molecule has 0 aliphatic carbocycles. The maximum Gasteiger partial charge on any atom is 0.328 e. The van der Waals surface area contributed by atoms with Gasteiger partial charge in [0.2, 0.25) is 0 Å². The molecule has 0 saturated carbocycles. The average Bonchev–Trinajstić information content (AvgIpc) is 2.76. The quantitative estimate of drug-likeness (QED) is 0.674. The van der Waals surface area contributed by atoms with Crippen molar-refractivity contribution in [1.82, 2.24) is 10.2 Å². The van der Waals surface area contributed by atoms with Crippen molar-refractivity contribution >= 4 is 23.7 Å². The van der Waals surface area contributed by atoms with E-state index in [0.717, 1.165) is 30.8 Å². The molecule has 2 saturated heterocycles. The van der Waals surface area contributed by atoms with Crippen LogP contribution in [0.1, 0.15) is 24.8 Å². The molecule has 0 spiro atoms. The number of nitrogens with zero attached hydrogens (tertiary/aromatic N) is 2. The van der Waals surface area contributed by atoms with Crippen molar-refractivity contribution in [2.45, 2.75) is 19.3 Å². The predicted octanol–water partition coefficient (Wildman–Crippen LogP) is 2.34. The summed E-state index contributed by atoms with van der Waals surface area (Å²) < 4.78 is 14.3. The molecule has 0 atom stereocenters. The first-order valence-electron chi connectivity index (χ1n) is 7.41. The van der Waals surface area contributed by atoms with Crippen LogP contribution in [0.5, 0.6) is 0 Å². The Morgan fingerprint density at radius 3 is 2.50 bits per heavy atom. The van der Waals surface area contributed by atoms with Crippen molar-refractivity contribution in [3.63, 3.8) is 0 Å². The van der Waals surface area contributed by atoms with Gasteiger partial charge in [0, 0.05) is 20.1 Å². The molecule has 2 aliphatic rings. The Balaban J connectivity index is 1.83. The molecule has 116 valence electrons. The Morgan fingerprint density at radius 2 is 1.91 bits per heavy atom. The van der Waals surface area contributed by atoms with E-state index in [9.17, 15) is 14.0 Å². The van der Waals surface area contributed by atoms with Gasteiger partial charge in [0.15, 0.2) is 0 Å². The fourth-order valence-corrected chi connectivity index (χ4v) is 2.79. The number of piperidine rings is 1. The van der Waals surface area contributed by atoms with Crippen LogP contribution >= 0.6 is 0 Å². The summed E-state index contributed by atoms with van der Waals surface area (Å²) in [6.07, 6.45) is 4.85. The van der Waals surface area contributed by atoms with E-state index in [1.165, 1.54) is 25.6 Å². The number of amides is 3. The Labute approximate surface area is 128 Å². The van der Waals surface area contributed by atoms with Crippen LogP contribution in [0.2, 0.25) is 0 Å². The Kier molecular flexibility index (Phi) is 3.83. The van der Waals surface area contributed by atoms with Gasteiger partial charge in [-0.15, -0.1) is 0 Å². The maximum absolute atomic E-state index is 14.3. The van der Waals surface area contributed by atoms with Crippen LogP contribution in [0.3, 0.4) is 0 Å². The molecule has 0 radical (unpaired) electrons. The van der Waals surface area contributed by atoms with Crippen LogP contribution in [-0.4, -0.2) is 37.0 Å². The zero-order valence-corrected chi connectivity index (χ0v) is 12.4. The minimum atomic E-state index is -0.471. The first-order chi connectivity index (χ1) is 10.6. The largest absolute Gasteiger partial charge is 0.369 e. The van der Waals surface area contributed by atoms with Crippen molar-refractivity contribution in [2.75, 3.05) is 25.0 Å². The summed E-state index contributed by atoms with van der Waals surface area (Å²) in [5, 5.41) is 2.47. The van der Waals surface area contributed by atoms with Gasteiger partial charge in [-0.2, -0.15) is 0 Å². The third-order valence-corrected chi connectivity index (χ3v) is 4.06. The molecule has 2 fully saturated rings. The van der Waals surface area contributed by atoms with Gasteiger partial charge in [-0.1, -0.05) is 6.07 Å². The number of halogens is 1. The minimum Gasteiger partial charge on any atom is -0.369 e. The Morgan fingerprint density at radius 1 is 1.18 bits per heavy atom. The normalized spacial score (nSPS) is 20.7. The molecule has 0 aromatic heterocycles. The lowest BCUT2D eigenvalue weighted by Crippen LogP contribution is -2.30. The van der Waals surface area contributed by atoms with E-state index in [0.29, 0.717) is 11.3 Å². The van der Waals surface area contributed by atoms with Gasteiger partial charge in [-0.3, -0.25) is 9.69 Å². The average molecular weight is 303 g/mol. The molecular weight excluding hydrogens is 285 g/mol. The lowest BCUT2D eigenvalue weighted by Gasteiger charge is -2.29. The van der Waals surface area contributed by atoms with Gasteiger partial charge < -0.3 is 10.2 Å². The lowest BCUT2D eigenvalue weighted by molar-refractivity contribution is -0.121. The van der Waals surface area contributed by atoms with Crippen molar-refractivity contribution in [1.29, 1.82) is 0 Å². The number of urea groups is 1. The summed E-state index contributed by atoms with van der Waals surface area (Å²) in [6, 6.07) is 4.42. The van der Waals surface area contributed by atoms with Crippen LogP contribution in [0.4, 0.5) is 14.9 Å². The van der Waals surface area contributed by atoms with Crippen LogP contribution in [-0.2, 0) is 4.79 Å². The lowest BCUT2D eigenvalue weighted by atomic mass is 10.1. The van der Waals surface area contributed by atoms with E-state index >= 15 is 0 Å². The number of benzene rings is 1. The second-order valence-corrected chi connectivity index (χ2v) is 5.61. The predicted molar refractivity (Wildman–Crippen MR) is 81.7 cm³/mol. The molecule has 1 aromatic carbocycles. The second kappa shape index (κ2) is 5.79. The summed E-state index contributed by atoms with van der Waals surface area (Å²) in [5.41, 5.74) is 1.32. The van der Waals surface area contributed by atoms with Gasteiger partial charge in [0.05, 0.1) is 5.69 Å². The molecule has 0 unspecified atom stereocenters. The summed E-state index contributed by atoms with van der Waals surface area (Å²) in [4.78, 5) is 26.2. The molecule has 2 heterocycles. The number of likely N-dealkylation sites (N-methyl/N-ethyl adjacent to an activating group) is 1. The topological polar surface area (TPSA) is 52.7 Å². The van der Waals surface area contributed by atoms with Crippen LogP contribution in [0, 0.1) is 5.82 Å². The van der Waals surface area contributed by atoms with Crippen LogP contribution < -0.4 is 10.2 Å². The molecule has 3 rings (SSSR count). The first-order valence-corrected chi connectivity index (χ1v) is 7.41. The number of carbonyl (C=O) groups is 2. The minimum absolute atomic E-state index is 0.164. The third kappa shape index (κ3) is 2.68. The first kappa shape index (κ1) is 14.6. The zero-order valence-electron chi connectivity index (χ0n) is 12.4. The molecule has 5 nitrogen and oxygen atoms in total. The van der Waals surface area contributed by atoms with Gasteiger partial charge in [-0.25, -0.2) is 9.18 Å². The van der Waals surface area contributed by atoms with Crippen molar-refractivity contribution in [3.8, 4) is 0 Å². The monoisotopic (exact) mass is 303 g/mol. The molecule has 0 bridgehead atoms. The molecule has 1 N–H and O–H groups in total. The molecular formula is C16H18FN3O2.